The number of aryl methyl sites for hydroxylation is 1. The lowest BCUT2D eigenvalue weighted by Gasteiger charge is -2.19. The van der Waals surface area contributed by atoms with Crippen molar-refractivity contribution in [2.75, 3.05) is 10.7 Å². The van der Waals surface area contributed by atoms with Crippen molar-refractivity contribution in [2.45, 2.75) is 37.6 Å². The van der Waals surface area contributed by atoms with Crippen LogP contribution >= 0.6 is 11.3 Å². The first kappa shape index (κ1) is 24.0. The number of carbonyl (C=O) groups excluding carboxylic acids is 1. The van der Waals surface area contributed by atoms with E-state index in [0.29, 0.717) is 10.8 Å². The molecule has 4 rings (SSSR count). The van der Waals surface area contributed by atoms with Crippen LogP contribution in [0.5, 0.6) is 0 Å². The molecule has 2 heterocycles. The van der Waals surface area contributed by atoms with Crippen LogP contribution in [0.1, 0.15) is 31.0 Å². The minimum atomic E-state index is -3.61. The van der Waals surface area contributed by atoms with E-state index in [2.05, 4.69) is 11.9 Å². The summed E-state index contributed by atoms with van der Waals surface area (Å²) in [5.41, 5.74) is 2.70. The van der Waals surface area contributed by atoms with Crippen molar-refractivity contribution in [2.24, 2.45) is 0 Å². The van der Waals surface area contributed by atoms with E-state index in [4.69, 9.17) is 4.98 Å². The molecule has 34 heavy (non-hydrogen) atoms. The molecule has 176 valence electrons. The van der Waals surface area contributed by atoms with E-state index in [9.17, 15) is 17.6 Å². The van der Waals surface area contributed by atoms with Crippen molar-refractivity contribution in [3.8, 4) is 0 Å². The number of sulfone groups is 1. The van der Waals surface area contributed by atoms with E-state index in [1.807, 2.05) is 30.3 Å². The van der Waals surface area contributed by atoms with Gasteiger partial charge >= 0.3 is 0 Å². The van der Waals surface area contributed by atoms with Crippen molar-refractivity contribution in [3.63, 3.8) is 0 Å². The number of halogens is 1. The van der Waals surface area contributed by atoms with E-state index in [-0.39, 0.29) is 35.9 Å². The summed E-state index contributed by atoms with van der Waals surface area (Å²) in [5.74, 6) is -0.930. The number of pyridine rings is 1. The molecule has 4 aromatic rings. The maximum absolute atomic E-state index is 13.3. The highest BCUT2D eigenvalue weighted by Crippen LogP contribution is 2.32. The number of nitrogens with zero attached hydrogens (tertiary/aromatic N) is 3. The summed E-state index contributed by atoms with van der Waals surface area (Å²) in [4.78, 5) is 24.0. The average molecular weight is 498 g/mol. The van der Waals surface area contributed by atoms with Crippen LogP contribution < -0.4 is 4.90 Å². The van der Waals surface area contributed by atoms with Gasteiger partial charge in [0.05, 0.1) is 33.1 Å². The van der Waals surface area contributed by atoms with E-state index in [1.54, 1.807) is 17.2 Å². The lowest BCUT2D eigenvalue weighted by Crippen LogP contribution is -2.30. The molecule has 2 aromatic carbocycles. The topological polar surface area (TPSA) is 80.2 Å². The summed E-state index contributed by atoms with van der Waals surface area (Å²) >= 11 is 1.43. The Morgan fingerprint density at radius 1 is 1.06 bits per heavy atom. The van der Waals surface area contributed by atoms with Crippen LogP contribution in [0, 0.1) is 5.82 Å². The van der Waals surface area contributed by atoms with Gasteiger partial charge < -0.3 is 0 Å². The van der Waals surface area contributed by atoms with E-state index < -0.39 is 15.7 Å². The highest BCUT2D eigenvalue weighted by atomic mass is 32.2. The summed E-state index contributed by atoms with van der Waals surface area (Å²) in [6.45, 7) is 2.30. The van der Waals surface area contributed by atoms with Gasteiger partial charge in [-0.2, -0.15) is 0 Å². The first-order valence-electron chi connectivity index (χ1n) is 10.9. The highest BCUT2D eigenvalue weighted by molar-refractivity contribution is 7.91. The van der Waals surface area contributed by atoms with Crippen molar-refractivity contribution in [3.05, 3.63) is 83.9 Å². The molecule has 0 aliphatic rings. The smallest absolute Gasteiger partial charge is 0.229 e. The molecular weight excluding hydrogens is 473 g/mol. The number of para-hydroxylation sites is 1. The van der Waals surface area contributed by atoms with Crippen LogP contribution in [0.4, 0.5) is 9.52 Å². The first-order valence-corrected chi connectivity index (χ1v) is 13.4. The number of carbonyl (C=O) groups is 1. The molecule has 0 aliphatic carbocycles. The molecule has 0 unspecified atom stereocenters. The third-order valence-corrected chi connectivity index (χ3v) is 8.29. The molecule has 0 spiro atoms. The minimum Gasteiger partial charge on any atom is -0.282 e. The van der Waals surface area contributed by atoms with E-state index in [0.717, 1.165) is 34.3 Å². The molecule has 6 nitrogen and oxygen atoms in total. The molecule has 0 radical (unpaired) electrons. The van der Waals surface area contributed by atoms with Crippen LogP contribution in [0.15, 0.2) is 71.8 Å². The highest BCUT2D eigenvalue weighted by Gasteiger charge is 2.22. The zero-order valence-electron chi connectivity index (χ0n) is 18.6. The van der Waals surface area contributed by atoms with Crippen LogP contribution in [0.2, 0.25) is 0 Å². The molecule has 0 bridgehead atoms. The fourth-order valence-corrected chi connectivity index (χ4v) is 5.96. The van der Waals surface area contributed by atoms with Crippen molar-refractivity contribution < 1.29 is 17.6 Å². The van der Waals surface area contributed by atoms with Gasteiger partial charge in [0.25, 0.3) is 0 Å². The fraction of sp³-hybridized carbons (Fsp3) is 0.240. The molecule has 9 heteroatoms. The molecule has 0 atom stereocenters. The Kier molecular flexibility index (Phi) is 7.33. The Morgan fingerprint density at radius 2 is 1.85 bits per heavy atom. The molecule has 0 fully saturated rings. The number of hydrogen-bond donors (Lipinski definition) is 0. The Morgan fingerprint density at radius 3 is 2.56 bits per heavy atom. The van der Waals surface area contributed by atoms with Gasteiger partial charge in [-0.25, -0.2) is 17.8 Å². The Labute approximate surface area is 202 Å². The Bertz CT molecular complexity index is 1390. The maximum atomic E-state index is 13.3. The van der Waals surface area contributed by atoms with Gasteiger partial charge in [0.15, 0.2) is 15.0 Å². The number of anilines is 1. The number of hydrogen-bond acceptors (Lipinski definition) is 6. The zero-order valence-corrected chi connectivity index (χ0v) is 20.3. The maximum Gasteiger partial charge on any atom is 0.229 e. The summed E-state index contributed by atoms with van der Waals surface area (Å²) in [7, 11) is -3.61. The van der Waals surface area contributed by atoms with Gasteiger partial charge in [0, 0.05) is 12.6 Å². The van der Waals surface area contributed by atoms with Crippen molar-refractivity contribution in [1.82, 2.24) is 9.97 Å². The minimum absolute atomic E-state index is 0.0316. The largest absolute Gasteiger partial charge is 0.282 e. The molecular formula is C25H24FN3O3S2. The van der Waals surface area contributed by atoms with Crippen LogP contribution in [0.3, 0.4) is 0 Å². The van der Waals surface area contributed by atoms with Crippen molar-refractivity contribution in [1.29, 1.82) is 0 Å². The fourth-order valence-electron chi connectivity index (χ4n) is 3.62. The number of amides is 1. The second kappa shape index (κ2) is 10.4. The predicted molar refractivity (Wildman–Crippen MR) is 132 cm³/mol. The monoisotopic (exact) mass is 497 g/mol. The summed E-state index contributed by atoms with van der Waals surface area (Å²) in [6, 6.07) is 16.2. The average Bonchev–Trinajstić information content (AvgIpc) is 3.27. The summed E-state index contributed by atoms with van der Waals surface area (Å²) in [6.07, 6.45) is 2.67. The van der Waals surface area contributed by atoms with Gasteiger partial charge in [-0.1, -0.05) is 36.5 Å². The lowest BCUT2D eigenvalue weighted by atomic mass is 10.1. The second-order valence-electron chi connectivity index (χ2n) is 7.79. The van der Waals surface area contributed by atoms with E-state index >= 15 is 0 Å². The predicted octanol–water partition coefficient (Wildman–Crippen LogP) is 5.18. The molecule has 2 aromatic heterocycles. The first-order chi connectivity index (χ1) is 16.4. The normalized spacial score (nSPS) is 11.6. The number of rotatable bonds is 9. The van der Waals surface area contributed by atoms with Gasteiger partial charge in [0.2, 0.25) is 5.91 Å². The quantitative estimate of drug-likeness (QED) is 0.298. The number of fused-ring (bicyclic) bond motifs is 1. The third kappa shape index (κ3) is 5.48. The van der Waals surface area contributed by atoms with Gasteiger partial charge in [-0.15, -0.1) is 0 Å². The van der Waals surface area contributed by atoms with Crippen LogP contribution in [0.25, 0.3) is 10.2 Å². The van der Waals surface area contributed by atoms with Crippen molar-refractivity contribution >= 4 is 42.4 Å². The second-order valence-corrected chi connectivity index (χ2v) is 10.9. The van der Waals surface area contributed by atoms with Crippen LogP contribution in [-0.4, -0.2) is 30.0 Å². The number of thiazole rings is 1. The zero-order chi connectivity index (χ0) is 24.1. The molecule has 1 amide bonds. The van der Waals surface area contributed by atoms with Crippen LogP contribution in [-0.2, 0) is 27.6 Å². The SMILES string of the molecule is CCc1cccc2sc(N(Cc3ccccn3)C(=O)CCCS(=O)(=O)c3ccc(F)cc3)nc12. The summed E-state index contributed by atoms with van der Waals surface area (Å²) < 4.78 is 39.3. The molecule has 0 saturated heterocycles. The lowest BCUT2D eigenvalue weighted by molar-refractivity contribution is -0.118. The van der Waals surface area contributed by atoms with E-state index in [1.165, 1.54) is 23.5 Å². The Balaban J connectivity index is 1.54. The molecule has 0 N–H and O–H groups in total. The van der Waals surface area contributed by atoms with Gasteiger partial charge in [-0.3, -0.25) is 14.7 Å². The molecule has 0 saturated carbocycles. The Hall–Kier alpha value is -3.17. The number of benzene rings is 2. The van der Waals surface area contributed by atoms with Gasteiger partial charge in [-0.05, 0) is 60.9 Å². The third-order valence-electron chi connectivity index (χ3n) is 5.43. The van der Waals surface area contributed by atoms with Gasteiger partial charge in [0.1, 0.15) is 5.82 Å². The standard InChI is InChI=1S/C25H24FN3O3S2/c1-2-18-7-5-9-22-24(18)28-25(33-22)29(17-20-8-3-4-15-27-20)23(30)10-6-16-34(31,32)21-13-11-19(26)12-14-21/h3-5,7-9,11-15H,2,6,10,16-17H2,1H3. The molecule has 0 aliphatic heterocycles. The number of aromatic nitrogens is 2. The summed E-state index contributed by atoms with van der Waals surface area (Å²) in [5, 5.41) is 0.563.